The van der Waals surface area contributed by atoms with Gasteiger partial charge in [-0.2, -0.15) is 0 Å². The highest BCUT2D eigenvalue weighted by atomic mass is 16.7. The van der Waals surface area contributed by atoms with E-state index < -0.39 is 5.91 Å². The van der Waals surface area contributed by atoms with Crippen molar-refractivity contribution in [1.29, 1.82) is 0 Å². The Morgan fingerprint density at radius 1 is 1.03 bits per heavy atom. The van der Waals surface area contributed by atoms with Crippen LogP contribution < -0.4 is 4.74 Å². The molecule has 2 aromatic heterocycles. The molecular weight excluding hydrogens is 382 g/mol. The van der Waals surface area contributed by atoms with Crippen molar-refractivity contribution in [1.82, 2.24) is 9.97 Å². The number of benzene rings is 1. The maximum Gasteiger partial charge on any atom is 0.471 e. The SMILES string of the molecule is COc1cc(C)nc(-c2cccc(C#CCO[N+]3=C(O)c4ccccc4C3=O)n2)c1. The number of pyridine rings is 2. The third kappa shape index (κ3) is 3.71. The normalized spacial score (nSPS) is 12.3. The van der Waals surface area contributed by atoms with E-state index in [2.05, 4.69) is 21.8 Å². The monoisotopic (exact) mass is 400 g/mol. The van der Waals surface area contributed by atoms with E-state index >= 15 is 0 Å². The molecule has 0 atom stereocenters. The van der Waals surface area contributed by atoms with Crippen LogP contribution in [0.15, 0.2) is 54.6 Å². The average Bonchev–Trinajstić information content (AvgIpc) is 3.01. The molecule has 148 valence electrons. The minimum Gasteiger partial charge on any atom is -0.497 e. The molecular formula is C23H18N3O4+. The van der Waals surface area contributed by atoms with Gasteiger partial charge in [-0.1, -0.05) is 18.2 Å². The van der Waals surface area contributed by atoms with Crippen molar-refractivity contribution in [3.05, 3.63) is 77.1 Å². The smallest absolute Gasteiger partial charge is 0.471 e. The molecule has 0 saturated heterocycles. The van der Waals surface area contributed by atoms with Crippen molar-refractivity contribution in [2.24, 2.45) is 0 Å². The molecule has 0 fully saturated rings. The first-order valence-corrected chi connectivity index (χ1v) is 9.18. The second-order valence-electron chi connectivity index (χ2n) is 6.49. The molecule has 3 aromatic rings. The van der Waals surface area contributed by atoms with Crippen LogP contribution in [0.25, 0.3) is 11.4 Å². The van der Waals surface area contributed by atoms with Gasteiger partial charge < -0.3 is 9.84 Å². The fourth-order valence-electron chi connectivity index (χ4n) is 3.06. The van der Waals surface area contributed by atoms with E-state index in [1.165, 1.54) is 0 Å². The van der Waals surface area contributed by atoms with Crippen LogP contribution in [-0.4, -0.2) is 45.3 Å². The first-order valence-electron chi connectivity index (χ1n) is 9.18. The number of amides is 1. The van der Waals surface area contributed by atoms with Crippen LogP contribution >= 0.6 is 0 Å². The number of fused-ring (bicyclic) bond motifs is 1. The number of hydrogen-bond acceptors (Lipinski definition) is 5. The van der Waals surface area contributed by atoms with Crippen LogP contribution in [0, 0.1) is 18.8 Å². The Morgan fingerprint density at radius 3 is 2.60 bits per heavy atom. The molecule has 0 radical (unpaired) electrons. The molecule has 1 aliphatic rings. The lowest BCUT2D eigenvalue weighted by molar-refractivity contribution is -0.713. The van der Waals surface area contributed by atoms with Gasteiger partial charge in [0.15, 0.2) is 0 Å². The minimum atomic E-state index is -0.426. The summed E-state index contributed by atoms with van der Waals surface area (Å²) in [6, 6.07) is 15.9. The number of nitrogens with zero attached hydrogens (tertiary/aromatic N) is 3. The highest BCUT2D eigenvalue weighted by Crippen LogP contribution is 2.21. The molecule has 0 aliphatic carbocycles. The molecule has 1 amide bonds. The van der Waals surface area contributed by atoms with E-state index in [1.807, 2.05) is 31.2 Å². The largest absolute Gasteiger partial charge is 0.497 e. The van der Waals surface area contributed by atoms with Gasteiger partial charge in [-0.15, -0.1) is 0 Å². The molecule has 1 aliphatic heterocycles. The Balaban J connectivity index is 1.49. The summed E-state index contributed by atoms with van der Waals surface area (Å²) < 4.78 is 6.14. The molecule has 0 saturated carbocycles. The number of aliphatic hydroxyl groups excluding tert-OH is 1. The van der Waals surface area contributed by atoms with Crippen molar-refractivity contribution in [2.45, 2.75) is 6.92 Å². The fraction of sp³-hybridized carbons (Fsp3) is 0.130. The van der Waals surface area contributed by atoms with Gasteiger partial charge in [-0.05, 0) is 43.0 Å². The lowest BCUT2D eigenvalue weighted by Gasteiger charge is -2.05. The van der Waals surface area contributed by atoms with E-state index in [0.717, 1.165) is 10.4 Å². The molecule has 0 unspecified atom stereocenters. The molecule has 0 spiro atoms. The third-order valence-electron chi connectivity index (χ3n) is 4.43. The van der Waals surface area contributed by atoms with E-state index in [-0.39, 0.29) is 12.5 Å². The minimum absolute atomic E-state index is 0.0911. The summed E-state index contributed by atoms with van der Waals surface area (Å²) in [5.74, 6) is 5.75. The number of aryl methyl sites for hydroxylation is 1. The maximum atomic E-state index is 12.3. The van der Waals surface area contributed by atoms with Crippen molar-refractivity contribution in [3.63, 3.8) is 0 Å². The number of carbonyl (C=O) groups excluding carboxylic acids is 1. The maximum absolute atomic E-state index is 12.3. The topological polar surface area (TPSA) is 84.5 Å². The van der Waals surface area contributed by atoms with E-state index in [1.54, 1.807) is 37.4 Å². The second-order valence-corrected chi connectivity index (χ2v) is 6.49. The Hall–Kier alpha value is -4.18. The highest BCUT2D eigenvalue weighted by molar-refractivity contribution is 6.09. The molecule has 1 aromatic carbocycles. The summed E-state index contributed by atoms with van der Waals surface area (Å²) >= 11 is 0. The van der Waals surface area contributed by atoms with Gasteiger partial charge in [-0.3, -0.25) is 9.82 Å². The van der Waals surface area contributed by atoms with Gasteiger partial charge in [0.1, 0.15) is 22.6 Å². The number of aliphatic hydroxyl groups is 1. The van der Waals surface area contributed by atoms with Crippen LogP contribution in [0.5, 0.6) is 5.75 Å². The standard InChI is InChI=1S/C23H17N3O4/c1-15-13-17(29-2)14-21(24-15)20-11-5-7-16(25-20)8-6-12-30-26-22(27)18-9-3-4-10-19(18)23(26)28/h3-5,7,9-11,13-14H,12H2,1-2H3/p+1. The van der Waals surface area contributed by atoms with E-state index in [9.17, 15) is 9.90 Å². The number of hydroxylamine groups is 1. The van der Waals surface area contributed by atoms with Crippen molar-refractivity contribution < 1.29 is 24.2 Å². The quantitative estimate of drug-likeness (QED) is 0.536. The summed E-state index contributed by atoms with van der Waals surface area (Å²) in [4.78, 5) is 26.7. The zero-order valence-electron chi connectivity index (χ0n) is 16.4. The zero-order valence-corrected chi connectivity index (χ0v) is 16.4. The first-order chi connectivity index (χ1) is 14.6. The van der Waals surface area contributed by atoms with Crippen LogP contribution in [0.2, 0.25) is 0 Å². The van der Waals surface area contributed by atoms with Crippen LogP contribution in [-0.2, 0) is 4.84 Å². The molecule has 30 heavy (non-hydrogen) atoms. The molecule has 3 heterocycles. The van der Waals surface area contributed by atoms with Gasteiger partial charge in [0.25, 0.3) is 0 Å². The number of carbonyl (C=O) groups is 1. The van der Waals surface area contributed by atoms with Crippen molar-refractivity contribution in [2.75, 3.05) is 13.7 Å². The average molecular weight is 400 g/mol. The second kappa shape index (κ2) is 8.05. The van der Waals surface area contributed by atoms with Crippen LogP contribution in [0.4, 0.5) is 0 Å². The number of aromatic nitrogens is 2. The summed E-state index contributed by atoms with van der Waals surface area (Å²) in [6.07, 6.45) is 0. The Morgan fingerprint density at radius 2 is 1.83 bits per heavy atom. The van der Waals surface area contributed by atoms with Crippen LogP contribution in [0.3, 0.4) is 0 Å². The lowest BCUT2D eigenvalue weighted by atomic mass is 10.1. The summed E-state index contributed by atoms with van der Waals surface area (Å²) in [5, 5.41) is 10.2. The lowest BCUT2D eigenvalue weighted by Crippen LogP contribution is -2.21. The molecule has 7 heteroatoms. The number of rotatable bonds is 4. The first kappa shape index (κ1) is 19.2. The van der Waals surface area contributed by atoms with E-state index in [4.69, 9.17) is 9.57 Å². The Bertz CT molecular complexity index is 1240. The zero-order chi connectivity index (χ0) is 21.1. The van der Waals surface area contributed by atoms with Gasteiger partial charge in [-0.25, -0.2) is 9.78 Å². The number of hydrogen-bond donors (Lipinski definition) is 1. The fourth-order valence-corrected chi connectivity index (χ4v) is 3.06. The number of methoxy groups -OCH3 is 1. The van der Waals surface area contributed by atoms with Crippen molar-refractivity contribution in [3.8, 4) is 29.0 Å². The van der Waals surface area contributed by atoms with Gasteiger partial charge in [0.05, 0.1) is 23.2 Å². The Labute approximate surface area is 173 Å². The number of ether oxygens (including phenoxy) is 1. The predicted octanol–water partition coefficient (Wildman–Crippen LogP) is 2.91. The predicted molar refractivity (Wildman–Crippen MR) is 109 cm³/mol. The molecule has 0 bridgehead atoms. The van der Waals surface area contributed by atoms with Gasteiger partial charge in [0.2, 0.25) is 6.61 Å². The van der Waals surface area contributed by atoms with Crippen molar-refractivity contribution >= 4 is 11.8 Å². The molecule has 1 N–H and O–H groups in total. The van der Waals surface area contributed by atoms with E-state index in [0.29, 0.717) is 34.0 Å². The Kier molecular flexibility index (Phi) is 5.14. The third-order valence-corrected chi connectivity index (χ3v) is 4.43. The summed E-state index contributed by atoms with van der Waals surface area (Å²) in [6.45, 7) is 1.80. The van der Waals surface area contributed by atoms with Gasteiger partial charge >= 0.3 is 11.8 Å². The molecule has 7 nitrogen and oxygen atoms in total. The van der Waals surface area contributed by atoms with Crippen LogP contribution in [0.1, 0.15) is 27.3 Å². The summed E-state index contributed by atoms with van der Waals surface area (Å²) in [5.41, 5.74) is 3.53. The van der Waals surface area contributed by atoms with Gasteiger partial charge in [0, 0.05) is 17.8 Å². The molecule has 4 rings (SSSR count). The summed E-state index contributed by atoms with van der Waals surface area (Å²) in [7, 11) is 1.60. The highest BCUT2D eigenvalue weighted by Gasteiger charge is 2.41.